The van der Waals surface area contributed by atoms with Gasteiger partial charge in [0, 0.05) is 6.54 Å². The van der Waals surface area contributed by atoms with E-state index in [2.05, 4.69) is 34.2 Å². The molecule has 1 saturated heterocycles. The molecule has 1 aromatic rings. The van der Waals surface area contributed by atoms with Crippen molar-refractivity contribution in [1.29, 1.82) is 0 Å². The van der Waals surface area contributed by atoms with Crippen LogP contribution in [0.1, 0.15) is 18.9 Å². The standard InChI is InChI=1S/C14H20BrNO3/c1-3-4-19-14-12(15)5-10(6-13(14)17-2)7-16-11-8-18-9-11/h5-6,11,16H,3-4,7-9H2,1-2H3. The van der Waals surface area contributed by atoms with E-state index in [1.54, 1.807) is 7.11 Å². The van der Waals surface area contributed by atoms with Gasteiger partial charge >= 0.3 is 0 Å². The van der Waals surface area contributed by atoms with Gasteiger partial charge in [-0.2, -0.15) is 0 Å². The molecule has 1 fully saturated rings. The molecule has 2 rings (SSSR count). The van der Waals surface area contributed by atoms with Crippen LogP contribution in [0, 0.1) is 0 Å². The van der Waals surface area contributed by atoms with E-state index in [1.165, 1.54) is 5.56 Å². The molecule has 106 valence electrons. The van der Waals surface area contributed by atoms with Gasteiger partial charge in [0.05, 0.1) is 37.4 Å². The molecule has 0 spiro atoms. The minimum absolute atomic E-state index is 0.473. The van der Waals surface area contributed by atoms with E-state index >= 15 is 0 Å². The van der Waals surface area contributed by atoms with Crippen molar-refractivity contribution in [3.05, 3.63) is 22.2 Å². The zero-order valence-electron chi connectivity index (χ0n) is 11.4. The first-order valence-electron chi connectivity index (χ1n) is 6.55. The van der Waals surface area contributed by atoms with E-state index in [9.17, 15) is 0 Å². The minimum atomic E-state index is 0.473. The number of benzene rings is 1. The van der Waals surface area contributed by atoms with Gasteiger partial charge in [-0.25, -0.2) is 0 Å². The summed E-state index contributed by atoms with van der Waals surface area (Å²) in [4.78, 5) is 0. The molecule has 0 radical (unpaired) electrons. The lowest BCUT2D eigenvalue weighted by Crippen LogP contribution is -2.45. The van der Waals surface area contributed by atoms with E-state index in [-0.39, 0.29) is 0 Å². The Morgan fingerprint density at radius 3 is 2.79 bits per heavy atom. The predicted octanol–water partition coefficient (Wildman–Crippen LogP) is 2.73. The van der Waals surface area contributed by atoms with Gasteiger partial charge in [-0.05, 0) is 40.0 Å². The fourth-order valence-corrected chi connectivity index (χ4v) is 2.44. The Balaban J connectivity index is 2.05. The van der Waals surface area contributed by atoms with Gasteiger partial charge in [-0.15, -0.1) is 0 Å². The summed E-state index contributed by atoms with van der Waals surface area (Å²) in [6.07, 6.45) is 0.973. The number of hydrogen-bond acceptors (Lipinski definition) is 4. The lowest BCUT2D eigenvalue weighted by atomic mass is 10.1. The molecule has 0 saturated carbocycles. The normalized spacial score (nSPS) is 15.1. The number of methoxy groups -OCH3 is 1. The van der Waals surface area contributed by atoms with Gasteiger partial charge in [-0.1, -0.05) is 6.92 Å². The Bertz CT molecular complexity index is 421. The maximum atomic E-state index is 5.71. The van der Waals surface area contributed by atoms with Gasteiger partial charge in [0.1, 0.15) is 0 Å². The second kappa shape index (κ2) is 7.12. The number of nitrogens with one attached hydrogen (secondary N) is 1. The van der Waals surface area contributed by atoms with Crippen LogP contribution in [0.4, 0.5) is 0 Å². The Labute approximate surface area is 122 Å². The molecule has 0 amide bonds. The molecule has 1 heterocycles. The van der Waals surface area contributed by atoms with E-state index < -0.39 is 0 Å². The second-order valence-corrected chi connectivity index (χ2v) is 5.43. The summed E-state index contributed by atoms with van der Waals surface area (Å²) >= 11 is 3.55. The minimum Gasteiger partial charge on any atom is -0.493 e. The van der Waals surface area contributed by atoms with E-state index in [0.29, 0.717) is 12.6 Å². The molecule has 1 N–H and O–H groups in total. The Morgan fingerprint density at radius 2 is 2.21 bits per heavy atom. The zero-order chi connectivity index (χ0) is 13.7. The molecule has 0 aliphatic carbocycles. The van der Waals surface area contributed by atoms with Gasteiger partial charge in [0.25, 0.3) is 0 Å². The SMILES string of the molecule is CCCOc1c(Br)cc(CNC2COC2)cc1OC. The zero-order valence-corrected chi connectivity index (χ0v) is 13.0. The maximum Gasteiger partial charge on any atom is 0.175 e. The fraction of sp³-hybridized carbons (Fsp3) is 0.571. The first-order chi connectivity index (χ1) is 9.24. The van der Waals surface area contributed by atoms with Crippen LogP contribution in [0.3, 0.4) is 0 Å². The van der Waals surface area contributed by atoms with Gasteiger partial charge in [0.2, 0.25) is 0 Å². The van der Waals surface area contributed by atoms with Crippen molar-refractivity contribution >= 4 is 15.9 Å². The molecule has 1 aromatic carbocycles. The molecule has 1 aliphatic heterocycles. The maximum absolute atomic E-state index is 5.71. The lowest BCUT2D eigenvalue weighted by Gasteiger charge is -2.27. The first-order valence-corrected chi connectivity index (χ1v) is 7.34. The van der Waals surface area contributed by atoms with Crippen LogP contribution in [-0.2, 0) is 11.3 Å². The molecule has 0 unspecified atom stereocenters. The lowest BCUT2D eigenvalue weighted by molar-refractivity contribution is -0.00579. The summed E-state index contributed by atoms with van der Waals surface area (Å²) in [7, 11) is 1.66. The monoisotopic (exact) mass is 329 g/mol. The van der Waals surface area contributed by atoms with Crippen LogP contribution in [0.25, 0.3) is 0 Å². The fourth-order valence-electron chi connectivity index (χ4n) is 1.84. The first kappa shape index (κ1) is 14.6. The average molecular weight is 330 g/mol. The van der Waals surface area contributed by atoms with Crippen LogP contribution in [0.15, 0.2) is 16.6 Å². The molecule has 0 bridgehead atoms. The van der Waals surface area contributed by atoms with Crippen LogP contribution in [0.2, 0.25) is 0 Å². The quantitative estimate of drug-likeness (QED) is 0.835. The third kappa shape index (κ3) is 3.84. The average Bonchev–Trinajstić information content (AvgIpc) is 2.35. The van der Waals surface area contributed by atoms with Crippen molar-refractivity contribution in [2.45, 2.75) is 25.9 Å². The topological polar surface area (TPSA) is 39.7 Å². The van der Waals surface area contributed by atoms with Crippen LogP contribution in [0.5, 0.6) is 11.5 Å². The summed E-state index contributed by atoms with van der Waals surface area (Å²) < 4.78 is 17.2. The van der Waals surface area contributed by atoms with Crippen LogP contribution in [-0.4, -0.2) is 33.0 Å². The third-order valence-corrected chi connectivity index (χ3v) is 3.56. The van der Waals surface area contributed by atoms with Gasteiger partial charge < -0.3 is 19.5 Å². The molecule has 0 aromatic heterocycles. The van der Waals surface area contributed by atoms with Gasteiger partial charge in [0.15, 0.2) is 11.5 Å². The molecular weight excluding hydrogens is 310 g/mol. The van der Waals surface area contributed by atoms with Crippen LogP contribution >= 0.6 is 15.9 Å². The smallest absolute Gasteiger partial charge is 0.175 e. The summed E-state index contributed by atoms with van der Waals surface area (Å²) in [6, 6.07) is 4.56. The summed E-state index contributed by atoms with van der Waals surface area (Å²) in [6.45, 7) is 5.17. The Morgan fingerprint density at radius 1 is 1.42 bits per heavy atom. The third-order valence-electron chi connectivity index (χ3n) is 2.97. The van der Waals surface area contributed by atoms with Gasteiger partial charge in [-0.3, -0.25) is 0 Å². The number of halogens is 1. The van der Waals surface area contributed by atoms with Crippen LogP contribution < -0.4 is 14.8 Å². The van der Waals surface area contributed by atoms with Crippen molar-refractivity contribution in [3.63, 3.8) is 0 Å². The second-order valence-electron chi connectivity index (χ2n) is 4.57. The predicted molar refractivity (Wildman–Crippen MR) is 77.9 cm³/mol. The van der Waals surface area contributed by atoms with Crippen molar-refractivity contribution in [2.75, 3.05) is 26.9 Å². The highest BCUT2D eigenvalue weighted by atomic mass is 79.9. The van der Waals surface area contributed by atoms with E-state index in [1.807, 2.05) is 6.07 Å². The van der Waals surface area contributed by atoms with E-state index in [4.69, 9.17) is 14.2 Å². The highest BCUT2D eigenvalue weighted by Crippen LogP contribution is 2.36. The largest absolute Gasteiger partial charge is 0.493 e. The number of rotatable bonds is 7. The summed E-state index contributed by atoms with van der Waals surface area (Å²) in [5.74, 6) is 1.55. The number of ether oxygens (including phenoxy) is 3. The molecule has 4 nitrogen and oxygen atoms in total. The van der Waals surface area contributed by atoms with Crippen molar-refractivity contribution in [1.82, 2.24) is 5.32 Å². The molecule has 5 heteroatoms. The summed E-state index contributed by atoms with van der Waals surface area (Å²) in [5, 5.41) is 3.43. The van der Waals surface area contributed by atoms with Crippen molar-refractivity contribution in [2.24, 2.45) is 0 Å². The Hall–Kier alpha value is -0.780. The van der Waals surface area contributed by atoms with Crippen molar-refractivity contribution < 1.29 is 14.2 Å². The van der Waals surface area contributed by atoms with E-state index in [0.717, 1.165) is 42.2 Å². The highest BCUT2D eigenvalue weighted by Gasteiger charge is 2.18. The summed E-state index contributed by atoms with van der Waals surface area (Å²) in [5.41, 5.74) is 1.17. The molecule has 19 heavy (non-hydrogen) atoms. The van der Waals surface area contributed by atoms with Crippen molar-refractivity contribution in [3.8, 4) is 11.5 Å². The molecule has 1 aliphatic rings. The Kier molecular flexibility index (Phi) is 5.48. The highest BCUT2D eigenvalue weighted by molar-refractivity contribution is 9.10. The molecular formula is C14H20BrNO3. The number of hydrogen-bond donors (Lipinski definition) is 1. The molecule has 0 atom stereocenters.